The van der Waals surface area contributed by atoms with E-state index in [0.717, 1.165) is 31.8 Å². The smallest absolute Gasteiger partial charge is 0.260 e. The van der Waals surface area contributed by atoms with E-state index in [9.17, 15) is 4.79 Å². The number of hydrogen-bond donors (Lipinski definition) is 0. The average molecular weight is 434 g/mol. The zero-order valence-corrected chi connectivity index (χ0v) is 18.2. The van der Waals surface area contributed by atoms with E-state index in [2.05, 4.69) is 10.1 Å². The third-order valence-corrected chi connectivity index (χ3v) is 6.83. The Bertz CT molecular complexity index is 1330. The van der Waals surface area contributed by atoms with Crippen molar-refractivity contribution in [3.8, 4) is 0 Å². The maximum atomic E-state index is 13.5. The van der Waals surface area contributed by atoms with Crippen LogP contribution in [0.5, 0.6) is 0 Å². The summed E-state index contributed by atoms with van der Waals surface area (Å²) < 4.78 is 4.01. The first-order chi connectivity index (χ1) is 14.6. The highest BCUT2D eigenvalue weighted by Gasteiger charge is 2.22. The molecule has 0 bridgehead atoms. The molecule has 2 aromatic carbocycles. The molecule has 3 aromatic heterocycles. The Kier molecular flexibility index (Phi) is 4.80. The SMILES string of the molecule is Cc1cc(C)n(CCN(C(=O)c2ccc3ncsc3c2)c2nc3ccccc3s2)n1. The number of hydrogen-bond acceptors (Lipinski definition) is 6. The standard InChI is InChI=1S/C22H19N5OS2/c1-14-11-15(2)27(25-14)10-9-26(22-24-18-5-3-4-6-19(18)30-22)21(28)16-7-8-17-20(12-16)29-13-23-17/h3-8,11-13H,9-10H2,1-2H3. The summed E-state index contributed by atoms with van der Waals surface area (Å²) in [6.45, 7) is 5.09. The third kappa shape index (κ3) is 3.48. The lowest BCUT2D eigenvalue weighted by Gasteiger charge is -2.20. The first-order valence-corrected chi connectivity index (χ1v) is 11.3. The first kappa shape index (κ1) is 18.9. The number of amides is 1. The van der Waals surface area contributed by atoms with E-state index in [4.69, 9.17) is 4.98 Å². The summed E-state index contributed by atoms with van der Waals surface area (Å²) in [5, 5.41) is 5.24. The second-order valence-corrected chi connectivity index (χ2v) is 9.00. The number of aryl methyl sites for hydroxylation is 2. The van der Waals surface area contributed by atoms with Crippen molar-refractivity contribution in [1.29, 1.82) is 0 Å². The number of anilines is 1. The van der Waals surface area contributed by atoms with Gasteiger partial charge in [-0.05, 0) is 50.2 Å². The summed E-state index contributed by atoms with van der Waals surface area (Å²) in [5.41, 5.74) is 6.30. The van der Waals surface area contributed by atoms with Gasteiger partial charge in [0.05, 0.1) is 38.2 Å². The van der Waals surface area contributed by atoms with Gasteiger partial charge in [-0.25, -0.2) is 9.97 Å². The van der Waals surface area contributed by atoms with Crippen molar-refractivity contribution in [2.45, 2.75) is 20.4 Å². The summed E-state index contributed by atoms with van der Waals surface area (Å²) in [5.74, 6) is -0.0640. The minimum atomic E-state index is -0.0640. The van der Waals surface area contributed by atoms with Gasteiger partial charge in [0.25, 0.3) is 5.91 Å². The number of nitrogens with zero attached hydrogens (tertiary/aromatic N) is 5. The molecule has 30 heavy (non-hydrogen) atoms. The molecular weight excluding hydrogens is 414 g/mol. The fraction of sp³-hybridized carbons (Fsp3) is 0.182. The molecule has 150 valence electrons. The van der Waals surface area contributed by atoms with Crippen LogP contribution in [0.1, 0.15) is 21.7 Å². The van der Waals surface area contributed by atoms with Crippen LogP contribution < -0.4 is 4.90 Å². The van der Waals surface area contributed by atoms with Gasteiger partial charge in [-0.3, -0.25) is 14.4 Å². The number of rotatable bonds is 5. The lowest BCUT2D eigenvalue weighted by atomic mass is 10.2. The van der Waals surface area contributed by atoms with Crippen LogP contribution in [0.2, 0.25) is 0 Å². The summed E-state index contributed by atoms with van der Waals surface area (Å²) in [4.78, 5) is 24.4. The van der Waals surface area contributed by atoms with Crippen LogP contribution in [0.25, 0.3) is 20.4 Å². The molecule has 3 heterocycles. The highest BCUT2D eigenvalue weighted by Crippen LogP contribution is 2.30. The van der Waals surface area contributed by atoms with Crippen molar-refractivity contribution < 1.29 is 4.79 Å². The quantitative estimate of drug-likeness (QED) is 0.388. The summed E-state index contributed by atoms with van der Waals surface area (Å²) in [7, 11) is 0. The zero-order chi connectivity index (χ0) is 20.7. The van der Waals surface area contributed by atoms with Crippen LogP contribution in [-0.2, 0) is 6.54 Å². The normalized spacial score (nSPS) is 11.4. The van der Waals surface area contributed by atoms with Gasteiger partial charge in [0, 0.05) is 17.8 Å². The van der Waals surface area contributed by atoms with Crippen LogP contribution in [-0.4, -0.2) is 32.2 Å². The number of carbonyl (C=O) groups excluding carboxylic acids is 1. The number of benzene rings is 2. The van der Waals surface area contributed by atoms with Gasteiger partial charge in [0.1, 0.15) is 0 Å². The average Bonchev–Trinajstić information content (AvgIpc) is 3.45. The number of aromatic nitrogens is 4. The first-order valence-electron chi connectivity index (χ1n) is 9.60. The molecular formula is C22H19N5OS2. The molecule has 0 spiro atoms. The van der Waals surface area contributed by atoms with Crippen LogP contribution in [0.4, 0.5) is 5.13 Å². The van der Waals surface area contributed by atoms with Gasteiger partial charge in [-0.1, -0.05) is 23.5 Å². The molecule has 5 aromatic rings. The Morgan fingerprint density at radius 2 is 1.93 bits per heavy atom. The number of fused-ring (bicyclic) bond motifs is 2. The summed E-state index contributed by atoms with van der Waals surface area (Å²) >= 11 is 3.07. The minimum Gasteiger partial charge on any atom is -0.282 e. The van der Waals surface area contributed by atoms with Gasteiger partial charge >= 0.3 is 0 Å². The molecule has 6 nitrogen and oxygen atoms in total. The largest absolute Gasteiger partial charge is 0.282 e. The lowest BCUT2D eigenvalue weighted by molar-refractivity contribution is 0.0986. The van der Waals surface area contributed by atoms with Crippen molar-refractivity contribution in [3.63, 3.8) is 0 Å². The van der Waals surface area contributed by atoms with Gasteiger partial charge in [0.15, 0.2) is 5.13 Å². The minimum absolute atomic E-state index is 0.0640. The number of carbonyl (C=O) groups is 1. The molecule has 1 amide bonds. The molecule has 0 saturated heterocycles. The molecule has 0 aliphatic rings. The molecule has 0 unspecified atom stereocenters. The number of thiazole rings is 2. The topological polar surface area (TPSA) is 63.9 Å². The highest BCUT2D eigenvalue weighted by atomic mass is 32.1. The van der Waals surface area contributed by atoms with Gasteiger partial charge < -0.3 is 0 Å². The van der Waals surface area contributed by atoms with E-state index in [-0.39, 0.29) is 5.91 Å². The van der Waals surface area contributed by atoms with Crippen LogP contribution >= 0.6 is 22.7 Å². The molecule has 0 aliphatic heterocycles. The van der Waals surface area contributed by atoms with Crippen molar-refractivity contribution in [1.82, 2.24) is 19.7 Å². The third-order valence-electron chi connectivity index (χ3n) is 4.98. The fourth-order valence-electron chi connectivity index (χ4n) is 3.50. The van der Waals surface area contributed by atoms with Crippen LogP contribution in [0, 0.1) is 13.8 Å². The lowest BCUT2D eigenvalue weighted by Crippen LogP contribution is -2.34. The Balaban J connectivity index is 1.52. The van der Waals surface area contributed by atoms with E-state index in [1.54, 1.807) is 10.4 Å². The molecule has 8 heteroatoms. The molecule has 0 saturated carbocycles. The molecule has 0 atom stereocenters. The Morgan fingerprint density at radius 1 is 1.07 bits per heavy atom. The van der Waals surface area contributed by atoms with E-state index in [1.807, 2.05) is 67.1 Å². The van der Waals surface area contributed by atoms with Crippen LogP contribution in [0.15, 0.2) is 54.0 Å². The van der Waals surface area contributed by atoms with E-state index in [0.29, 0.717) is 23.8 Å². The van der Waals surface area contributed by atoms with Crippen LogP contribution in [0.3, 0.4) is 0 Å². The van der Waals surface area contributed by atoms with Crippen molar-refractivity contribution in [3.05, 3.63) is 71.0 Å². The Hall–Kier alpha value is -3.10. The molecule has 5 rings (SSSR count). The van der Waals surface area contributed by atoms with E-state index in [1.165, 1.54) is 22.7 Å². The maximum absolute atomic E-state index is 13.5. The summed E-state index contributed by atoms with van der Waals surface area (Å²) in [6, 6.07) is 15.7. The molecule has 0 radical (unpaired) electrons. The molecule has 0 aliphatic carbocycles. The van der Waals surface area contributed by atoms with Gasteiger partial charge in [0.2, 0.25) is 0 Å². The maximum Gasteiger partial charge on any atom is 0.260 e. The second kappa shape index (κ2) is 7.62. The van der Waals surface area contributed by atoms with Crippen molar-refractivity contribution in [2.75, 3.05) is 11.4 Å². The monoisotopic (exact) mass is 433 g/mol. The second-order valence-electron chi connectivity index (χ2n) is 7.11. The van der Waals surface area contributed by atoms with E-state index >= 15 is 0 Å². The van der Waals surface area contributed by atoms with E-state index < -0.39 is 0 Å². The van der Waals surface area contributed by atoms with Crippen molar-refractivity contribution in [2.24, 2.45) is 0 Å². The zero-order valence-electron chi connectivity index (χ0n) is 16.6. The predicted molar refractivity (Wildman–Crippen MR) is 123 cm³/mol. The fourth-order valence-corrected chi connectivity index (χ4v) is 5.21. The van der Waals surface area contributed by atoms with Crippen molar-refractivity contribution >= 4 is 54.1 Å². The highest BCUT2D eigenvalue weighted by molar-refractivity contribution is 7.22. The summed E-state index contributed by atoms with van der Waals surface area (Å²) in [6.07, 6.45) is 0. The van der Waals surface area contributed by atoms with Gasteiger partial charge in [-0.15, -0.1) is 11.3 Å². The number of para-hydroxylation sites is 1. The Labute approximate surface area is 181 Å². The molecule has 0 N–H and O–H groups in total. The molecule has 0 fully saturated rings. The predicted octanol–water partition coefficient (Wildman–Crippen LogP) is 5.07. The van der Waals surface area contributed by atoms with Gasteiger partial charge in [-0.2, -0.15) is 5.10 Å². The Morgan fingerprint density at radius 3 is 2.73 bits per heavy atom.